The summed E-state index contributed by atoms with van der Waals surface area (Å²) in [6, 6.07) is 5.25. The van der Waals surface area contributed by atoms with Crippen LogP contribution in [0.5, 0.6) is 11.5 Å². The Labute approximate surface area is 104 Å². The summed E-state index contributed by atoms with van der Waals surface area (Å²) in [6.07, 6.45) is 0.103. The Morgan fingerprint density at radius 2 is 2.28 bits per heavy atom. The molecule has 1 atom stereocenters. The molecule has 0 aliphatic carbocycles. The summed E-state index contributed by atoms with van der Waals surface area (Å²) < 4.78 is 15.3. The van der Waals surface area contributed by atoms with Crippen LogP contribution in [0.15, 0.2) is 18.2 Å². The van der Waals surface area contributed by atoms with Crippen molar-refractivity contribution in [2.75, 3.05) is 13.9 Å². The Hall–Kier alpha value is -1.63. The molecule has 0 radical (unpaired) electrons. The highest BCUT2D eigenvalue weighted by Gasteiger charge is 2.19. The van der Waals surface area contributed by atoms with Crippen LogP contribution in [0.3, 0.4) is 0 Å². The highest BCUT2D eigenvalue weighted by molar-refractivity contribution is 5.70. The van der Waals surface area contributed by atoms with E-state index >= 15 is 0 Å². The SMILES string of the molecule is COc1cc(CC2OCOO2)ccc1OC(C)=O. The summed E-state index contributed by atoms with van der Waals surface area (Å²) in [5.74, 6) is 0.483. The molecule has 1 aromatic rings. The number of hydrogen-bond donors (Lipinski definition) is 0. The van der Waals surface area contributed by atoms with Gasteiger partial charge in [-0.15, -0.1) is 0 Å². The number of methoxy groups -OCH3 is 1. The van der Waals surface area contributed by atoms with Gasteiger partial charge in [0, 0.05) is 13.3 Å². The largest absolute Gasteiger partial charge is 0.493 e. The summed E-state index contributed by atoms with van der Waals surface area (Å²) in [5, 5.41) is 0. The molecule has 18 heavy (non-hydrogen) atoms. The Bertz CT molecular complexity index is 425. The fraction of sp³-hybridized carbons (Fsp3) is 0.417. The Balaban J connectivity index is 2.10. The highest BCUT2D eigenvalue weighted by atomic mass is 17.3. The first kappa shape index (κ1) is 12.8. The quantitative estimate of drug-likeness (QED) is 0.460. The van der Waals surface area contributed by atoms with Crippen molar-refractivity contribution in [3.63, 3.8) is 0 Å². The molecule has 0 amide bonds. The van der Waals surface area contributed by atoms with E-state index in [4.69, 9.17) is 19.1 Å². The first-order valence-electron chi connectivity index (χ1n) is 5.44. The van der Waals surface area contributed by atoms with Gasteiger partial charge in [0.15, 0.2) is 24.6 Å². The van der Waals surface area contributed by atoms with Crippen LogP contribution in [0.1, 0.15) is 12.5 Å². The third-order valence-electron chi connectivity index (χ3n) is 2.36. The van der Waals surface area contributed by atoms with Gasteiger partial charge in [0.2, 0.25) is 0 Å². The molecule has 1 unspecified atom stereocenters. The fourth-order valence-corrected chi connectivity index (χ4v) is 1.60. The van der Waals surface area contributed by atoms with Crippen LogP contribution in [0, 0.1) is 0 Å². The highest BCUT2D eigenvalue weighted by Crippen LogP contribution is 2.29. The number of benzene rings is 1. The number of rotatable bonds is 4. The van der Waals surface area contributed by atoms with Gasteiger partial charge >= 0.3 is 5.97 Å². The second-order valence-electron chi connectivity index (χ2n) is 3.71. The molecular weight excluding hydrogens is 240 g/mol. The molecule has 0 aromatic heterocycles. The van der Waals surface area contributed by atoms with Gasteiger partial charge in [0.25, 0.3) is 0 Å². The summed E-state index contributed by atoms with van der Waals surface area (Å²) in [4.78, 5) is 20.4. The van der Waals surface area contributed by atoms with Crippen LogP contribution in [0.4, 0.5) is 0 Å². The molecular formula is C12H14O6. The van der Waals surface area contributed by atoms with Crippen molar-refractivity contribution in [1.29, 1.82) is 0 Å². The minimum absolute atomic E-state index is 0.132. The third kappa shape index (κ3) is 3.19. The lowest BCUT2D eigenvalue weighted by Gasteiger charge is -2.11. The molecule has 1 aliphatic heterocycles. The maximum absolute atomic E-state index is 10.9. The average molecular weight is 254 g/mol. The molecule has 0 spiro atoms. The standard InChI is InChI=1S/C12H14O6/c1-8(13)17-10-4-3-9(5-11(10)14-2)6-12-15-7-16-18-12/h3-5,12H,6-7H2,1-2H3. The number of carbonyl (C=O) groups is 1. The van der Waals surface area contributed by atoms with Gasteiger partial charge in [0.1, 0.15) is 0 Å². The van der Waals surface area contributed by atoms with Gasteiger partial charge in [-0.2, -0.15) is 0 Å². The van der Waals surface area contributed by atoms with E-state index in [2.05, 4.69) is 4.89 Å². The van der Waals surface area contributed by atoms with Crippen LogP contribution in [-0.4, -0.2) is 26.2 Å². The smallest absolute Gasteiger partial charge is 0.308 e. The molecule has 2 rings (SSSR count). The third-order valence-corrected chi connectivity index (χ3v) is 2.36. The molecule has 6 heteroatoms. The predicted octanol–water partition coefficient (Wildman–Crippen LogP) is 1.42. The Morgan fingerprint density at radius 1 is 1.44 bits per heavy atom. The van der Waals surface area contributed by atoms with Gasteiger partial charge in [-0.25, -0.2) is 9.78 Å². The van der Waals surface area contributed by atoms with Gasteiger partial charge in [-0.1, -0.05) is 6.07 Å². The van der Waals surface area contributed by atoms with Crippen molar-refractivity contribution in [1.82, 2.24) is 0 Å². The molecule has 6 nitrogen and oxygen atoms in total. The van der Waals surface area contributed by atoms with E-state index in [0.29, 0.717) is 17.9 Å². The molecule has 0 bridgehead atoms. The van der Waals surface area contributed by atoms with Crippen molar-refractivity contribution in [2.45, 2.75) is 19.6 Å². The minimum Gasteiger partial charge on any atom is -0.493 e. The zero-order chi connectivity index (χ0) is 13.0. The predicted molar refractivity (Wildman–Crippen MR) is 59.9 cm³/mol. The topological polar surface area (TPSA) is 63.2 Å². The number of hydrogen-bond acceptors (Lipinski definition) is 6. The Kier molecular flexibility index (Phi) is 4.14. The van der Waals surface area contributed by atoms with E-state index in [9.17, 15) is 4.79 Å². The van der Waals surface area contributed by atoms with Crippen molar-refractivity contribution < 1.29 is 28.8 Å². The van der Waals surface area contributed by atoms with Crippen LogP contribution in [0.25, 0.3) is 0 Å². The average Bonchev–Trinajstić information content (AvgIpc) is 2.83. The number of esters is 1. The number of carbonyl (C=O) groups excluding carboxylic acids is 1. The summed E-state index contributed by atoms with van der Waals surface area (Å²) in [5.41, 5.74) is 0.929. The fourth-order valence-electron chi connectivity index (χ4n) is 1.60. The monoisotopic (exact) mass is 254 g/mol. The van der Waals surface area contributed by atoms with Crippen LogP contribution < -0.4 is 9.47 Å². The first-order chi connectivity index (χ1) is 8.69. The van der Waals surface area contributed by atoms with Crippen molar-refractivity contribution in [2.24, 2.45) is 0 Å². The molecule has 1 heterocycles. The zero-order valence-corrected chi connectivity index (χ0v) is 10.2. The maximum atomic E-state index is 10.9. The maximum Gasteiger partial charge on any atom is 0.308 e. The van der Waals surface area contributed by atoms with E-state index in [0.717, 1.165) is 5.56 Å². The van der Waals surface area contributed by atoms with E-state index in [1.165, 1.54) is 14.0 Å². The lowest BCUT2D eigenvalue weighted by molar-refractivity contribution is -0.276. The van der Waals surface area contributed by atoms with E-state index in [1.54, 1.807) is 12.1 Å². The van der Waals surface area contributed by atoms with Crippen molar-refractivity contribution >= 4 is 5.97 Å². The zero-order valence-electron chi connectivity index (χ0n) is 10.2. The van der Waals surface area contributed by atoms with Gasteiger partial charge in [-0.3, -0.25) is 4.79 Å². The van der Waals surface area contributed by atoms with Crippen LogP contribution in [0.2, 0.25) is 0 Å². The van der Waals surface area contributed by atoms with E-state index in [1.807, 2.05) is 6.07 Å². The van der Waals surface area contributed by atoms with E-state index in [-0.39, 0.29) is 6.79 Å². The summed E-state index contributed by atoms with van der Waals surface area (Å²) in [6.45, 7) is 1.47. The molecule has 1 saturated heterocycles. The van der Waals surface area contributed by atoms with Gasteiger partial charge in [0.05, 0.1) is 7.11 Å². The van der Waals surface area contributed by atoms with E-state index < -0.39 is 12.3 Å². The summed E-state index contributed by atoms with van der Waals surface area (Å²) in [7, 11) is 1.51. The van der Waals surface area contributed by atoms with Crippen LogP contribution in [-0.2, 0) is 25.7 Å². The molecule has 0 N–H and O–H groups in total. The molecule has 1 fully saturated rings. The van der Waals surface area contributed by atoms with Gasteiger partial charge < -0.3 is 14.2 Å². The molecule has 98 valence electrons. The summed E-state index contributed by atoms with van der Waals surface area (Å²) >= 11 is 0. The lowest BCUT2D eigenvalue weighted by atomic mass is 10.1. The second-order valence-corrected chi connectivity index (χ2v) is 3.71. The number of ether oxygens (including phenoxy) is 3. The molecule has 0 saturated carbocycles. The minimum atomic E-state index is -0.422. The van der Waals surface area contributed by atoms with Crippen molar-refractivity contribution in [3.8, 4) is 11.5 Å². The normalized spacial score (nSPS) is 18.7. The molecule has 1 aromatic carbocycles. The lowest BCUT2D eigenvalue weighted by Crippen LogP contribution is -2.11. The van der Waals surface area contributed by atoms with Crippen molar-refractivity contribution in [3.05, 3.63) is 23.8 Å². The Morgan fingerprint density at radius 3 is 2.89 bits per heavy atom. The molecule has 1 aliphatic rings. The van der Waals surface area contributed by atoms with Crippen LogP contribution >= 0.6 is 0 Å². The first-order valence-corrected chi connectivity index (χ1v) is 5.44. The van der Waals surface area contributed by atoms with Gasteiger partial charge in [-0.05, 0) is 17.7 Å². The second kappa shape index (κ2) is 5.81.